The molecular formula is C17H17BrN4O2. The van der Waals surface area contributed by atoms with Crippen LogP contribution in [-0.2, 0) is 4.79 Å². The Morgan fingerprint density at radius 2 is 2.21 bits per heavy atom. The molecule has 2 fully saturated rings. The second-order valence-electron chi connectivity index (χ2n) is 6.67. The molecule has 0 atom stereocenters. The van der Waals surface area contributed by atoms with Gasteiger partial charge in [-0.1, -0.05) is 0 Å². The fourth-order valence-corrected chi connectivity index (χ4v) is 4.32. The van der Waals surface area contributed by atoms with Crippen LogP contribution in [0.2, 0.25) is 0 Å². The van der Waals surface area contributed by atoms with Crippen molar-refractivity contribution >= 4 is 38.6 Å². The fraction of sp³-hybridized carbons (Fsp3) is 0.471. The maximum absolute atomic E-state index is 11.5. The molecule has 124 valence electrons. The van der Waals surface area contributed by atoms with E-state index in [-0.39, 0.29) is 17.2 Å². The van der Waals surface area contributed by atoms with Crippen molar-refractivity contribution in [3.63, 3.8) is 0 Å². The first-order valence-electron chi connectivity index (χ1n) is 8.14. The number of pyridine rings is 1. The zero-order chi connectivity index (χ0) is 16.7. The average molecular weight is 389 g/mol. The van der Waals surface area contributed by atoms with Gasteiger partial charge >= 0.3 is 0 Å². The van der Waals surface area contributed by atoms with Gasteiger partial charge in [-0.25, -0.2) is 4.98 Å². The van der Waals surface area contributed by atoms with Gasteiger partial charge in [-0.3, -0.25) is 4.79 Å². The summed E-state index contributed by atoms with van der Waals surface area (Å²) < 4.78 is 6.21. The van der Waals surface area contributed by atoms with Gasteiger partial charge in [0.15, 0.2) is 5.58 Å². The molecule has 2 aromatic heterocycles. The summed E-state index contributed by atoms with van der Waals surface area (Å²) in [6.45, 7) is 0. The van der Waals surface area contributed by atoms with Crippen molar-refractivity contribution in [2.24, 2.45) is 0 Å². The summed E-state index contributed by atoms with van der Waals surface area (Å²) in [7, 11) is 0. The summed E-state index contributed by atoms with van der Waals surface area (Å²) in [6.07, 6.45) is 7.26. The maximum atomic E-state index is 11.5. The van der Waals surface area contributed by atoms with Crippen LogP contribution in [0.5, 0.6) is 0 Å². The molecule has 6 nitrogen and oxygen atoms in total. The van der Waals surface area contributed by atoms with E-state index in [1.807, 2.05) is 6.07 Å². The van der Waals surface area contributed by atoms with Crippen LogP contribution in [0.15, 0.2) is 21.2 Å². The highest BCUT2D eigenvalue weighted by atomic mass is 79.9. The van der Waals surface area contributed by atoms with E-state index in [1.54, 1.807) is 12.3 Å². The van der Waals surface area contributed by atoms with E-state index in [0.717, 1.165) is 47.8 Å². The molecule has 24 heavy (non-hydrogen) atoms. The van der Waals surface area contributed by atoms with Crippen LogP contribution in [0.25, 0.3) is 11.0 Å². The van der Waals surface area contributed by atoms with Gasteiger partial charge < -0.3 is 15.1 Å². The average Bonchev–Trinajstić information content (AvgIpc) is 3.17. The van der Waals surface area contributed by atoms with Crippen molar-refractivity contribution in [1.82, 2.24) is 10.3 Å². The summed E-state index contributed by atoms with van der Waals surface area (Å²) in [4.78, 5) is 15.9. The Hall–Kier alpha value is -2.07. The highest BCUT2D eigenvalue weighted by molar-refractivity contribution is 9.10. The summed E-state index contributed by atoms with van der Waals surface area (Å²) in [5.74, 6) is 1.23. The molecule has 4 rings (SSSR count). The molecule has 1 saturated heterocycles. The molecule has 0 bridgehead atoms. The number of halogens is 1. The first-order chi connectivity index (χ1) is 11.6. The summed E-state index contributed by atoms with van der Waals surface area (Å²) in [5.41, 5.74) is 0.621. The maximum Gasteiger partial charge on any atom is 0.220 e. The van der Waals surface area contributed by atoms with Gasteiger partial charge in [0.05, 0.1) is 10.7 Å². The van der Waals surface area contributed by atoms with Crippen LogP contribution in [0, 0.1) is 11.3 Å². The van der Waals surface area contributed by atoms with Crippen LogP contribution in [0.4, 0.5) is 5.82 Å². The number of nitrogens with zero attached hydrogens (tertiary/aromatic N) is 2. The highest BCUT2D eigenvalue weighted by Gasteiger charge is 2.40. The summed E-state index contributed by atoms with van der Waals surface area (Å²) in [6, 6.07) is 4.05. The molecule has 0 aromatic carbocycles. The third-order valence-corrected chi connectivity index (χ3v) is 5.95. The monoisotopic (exact) mass is 388 g/mol. The predicted molar refractivity (Wildman–Crippen MR) is 92.4 cm³/mol. The lowest BCUT2D eigenvalue weighted by molar-refractivity contribution is -0.120. The normalized spacial score (nSPS) is 26.5. The third kappa shape index (κ3) is 2.65. The molecule has 3 heterocycles. The minimum absolute atomic E-state index is 0.0239. The Kier molecular flexibility index (Phi) is 3.72. The Bertz CT molecular complexity index is 846. The lowest BCUT2D eigenvalue weighted by Gasteiger charge is -2.37. The number of carbonyl (C=O) groups is 1. The van der Waals surface area contributed by atoms with Crippen LogP contribution in [0.3, 0.4) is 0 Å². The molecule has 1 aliphatic carbocycles. The van der Waals surface area contributed by atoms with E-state index < -0.39 is 0 Å². The Morgan fingerprint density at radius 3 is 2.88 bits per heavy atom. The lowest BCUT2D eigenvalue weighted by atomic mass is 9.78. The van der Waals surface area contributed by atoms with Gasteiger partial charge in [-0.05, 0) is 48.0 Å². The number of nitrogens with one attached hydrogen (secondary N) is 2. The number of carbonyl (C=O) groups excluding carboxylic acids is 1. The Balaban J connectivity index is 1.48. The lowest BCUT2D eigenvalue weighted by Crippen LogP contribution is -2.46. The van der Waals surface area contributed by atoms with Gasteiger partial charge in [-0.15, -0.1) is 0 Å². The summed E-state index contributed by atoms with van der Waals surface area (Å²) >= 11 is 3.57. The minimum Gasteiger partial charge on any atom is -0.444 e. The van der Waals surface area contributed by atoms with E-state index in [1.165, 1.54) is 0 Å². The largest absolute Gasteiger partial charge is 0.444 e. The van der Waals surface area contributed by atoms with Crippen LogP contribution >= 0.6 is 15.9 Å². The Labute approximate surface area is 147 Å². The molecule has 2 aliphatic rings. The molecule has 1 spiro atoms. The molecular weight excluding hydrogens is 372 g/mol. The van der Waals surface area contributed by atoms with Crippen molar-refractivity contribution in [3.8, 4) is 6.07 Å². The zero-order valence-electron chi connectivity index (χ0n) is 13.1. The Morgan fingerprint density at radius 1 is 1.42 bits per heavy atom. The molecule has 7 heteroatoms. The van der Waals surface area contributed by atoms with Gasteiger partial charge in [-0.2, -0.15) is 5.26 Å². The summed E-state index contributed by atoms with van der Waals surface area (Å²) in [5, 5.41) is 16.5. The second kappa shape index (κ2) is 5.78. The third-order valence-electron chi connectivity index (χ3n) is 5.15. The molecule has 2 N–H and O–H groups in total. The van der Waals surface area contributed by atoms with E-state index >= 15 is 0 Å². The van der Waals surface area contributed by atoms with Crippen molar-refractivity contribution in [2.45, 2.75) is 50.1 Å². The smallest absolute Gasteiger partial charge is 0.220 e. The first kappa shape index (κ1) is 15.5. The highest BCUT2D eigenvalue weighted by Crippen LogP contribution is 2.38. The number of nitriles is 1. The zero-order valence-corrected chi connectivity index (χ0v) is 14.6. The number of furan rings is 1. The molecule has 2 aromatic rings. The molecule has 1 aliphatic heterocycles. The van der Waals surface area contributed by atoms with Crippen LogP contribution < -0.4 is 10.6 Å². The first-order valence-corrected chi connectivity index (χ1v) is 8.94. The number of aromatic nitrogens is 1. The van der Waals surface area contributed by atoms with E-state index in [4.69, 9.17) is 9.68 Å². The minimum atomic E-state index is 0.0239. The van der Waals surface area contributed by atoms with Gasteiger partial charge in [0, 0.05) is 29.5 Å². The number of fused-ring (bicyclic) bond motifs is 1. The van der Waals surface area contributed by atoms with Crippen molar-refractivity contribution < 1.29 is 9.21 Å². The van der Waals surface area contributed by atoms with Gasteiger partial charge in [0.1, 0.15) is 11.9 Å². The van der Waals surface area contributed by atoms with E-state index in [0.29, 0.717) is 18.0 Å². The SMILES string of the molecule is N#Cc1cc2c(Br)c(NC3CCC4(CCC(=O)N4)CC3)ncc2o1. The van der Waals surface area contributed by atoms with Gasteiger partial charge in [0.2, 0.25) is 11.7 Å². The molecule has 0 unspecified atom stereocenters. The second-order valence-corrected chi connectivity index (χ2v) is 7.46. The van der Waals surface area contributed by atoms with Crippen molar-refractivity contribution in [2.75, 3.05) is 5.32 Å². The number of hydrogen-bond acceptors (Lipinski definition) is 5. The van der Waals surface area contributed by atoms with Crippen molar-refractivity contribution in [3.05, 3.63) is 22.5 Å². The quantitative estimate of drug-likeness (QED) is 0.821. The number of amides is 1. The molecule has 1 saturated carbocycles. The fourth-order valence-electron chi connectivity index (χ4n) is 3.79. The predicted octanol–water partition coefficient (Wildman–Crippen LogP) is 3.47. The number of hydrogen-bond donors (Lipinski definition) is 2. The standard InChI is InChI=1S/C17H17BrN4O2/c18-15-12-7-11(8-19)24-13(12)9-20-16(15)21-10-1-4-17(5-2-10)6-3-14(23)22-17/h7,9-10H,1-6H2,(H,20,21)(H,22,23). The van der Waals surface area contributed by atoms with E-state index in [9.17, 15) is 4.79 Å². The van der Waals surface area contributed by atoms with Gasteiger partial charge in [0.25, 0.3) is 0 Å². The molecule has 0 radical (unpaired) electrons. The van der Waals surface area contributed by atoms with Crippen LogP contribution in [0.1, 0.15) is 44.3 Å². The molecule has 1 amide bonds. The number of rotatable bonds is 2. The number of anilines is 1. The van der Waals surface area contributed by atoms with Crippen molar-refractivity contribution in [1.29, 1.82) is 5.26 Å². The van der Waals surface area contributed by atoms with Crippen LogP contribution in [-0.4, -0.2) is 22.5 Å². The topological polar surface area (TPSA) is 91.0 Å². The van der Waals surface area contributed by atoms with E-state index in [2.05, 4.69) is 31.5 Å².